The molecule has 2 nitrogen and oxygen atoms in total. The average Bonchev–Trinajstić information content (AvgIpc) is 2.17. The van der Waals surface area contributed by atoms with Crippen LogP contribution in [0.3, 0.4) is 0 Å². The lowest BCUT2D eigenvalue weighted by Crippen LogP contribution is -2.34. The minimum Gasteiger partial charge on any atom is -0.350 e. The molecule has 0 heterocycles. The minimum atomic E-state index is 0.146. The summed E-state index contributed by atoms with van der Waals surface area (Å²) in [6.45, 7) is 6.16. The van der Waals surface area contributed by atoms with E-state index in [1.165, 1.54) is 5.57 Å². The van der Waals surface area contributed by atoms with Gasteiger partial charge in [-0.3, -0.25) is 4.79 Å². The van der Waals surface area contributed by atoms with Crippen LogP contribution in [0.25, 0.3) is 0 Å². The van der Waals surface area contributed by atoms with Gasteiger partial charge in [-0.25, -0.2) is 0 Å². The zero-order valence-electron chi connectivity index (χ0n) is 9.92. The van der Waals surface area contributed by atoms with E-state index in [4.69, 9.17) is 0 Å². The molecule has 0 fully saturated rings. The largest absolute Gasteiger partial charge is 0.350 e. The van der Waals surface area contributed by atoms with Crippen molar-refractivity contribution in [3.63, 3.8) is 0 Å². The maximum absolute atomic E-state index is 11.5. The first-order valence-electron chi connectivity index (χ1n) is 5.75. The molecule has 0 aromatic carbocycles. The van der Waals surface area contributed by atoms with Gasteiger partial charge in [0.15, 0.2) is 0 Å². The maximum atomic E-state index is 11.5. The third-order valence-electron chi connectivity index (χ3n) is 2.49. The summed E-state index contributed by atoms with van der Waals surface area (Å²) in [6, 6.07) is 0.146. The van der Waals surface area contributed by atoms with Crippen LogP contribution in [0, 0.1) is 5.92 Å². The van der Waals surface area contributed by atoms with Crippen LogP contribution in [-0.2, 0) is 4.79 Å². The molecule has 1 aliphatic rings. The number of carbonyl (C=O) groups is 1. The second-order valence-electron chi connectivity index (χ2n) is 4.57. The SMILES string of the molecule is CC(C)CC(=O)NC(C)C1=CCCC=C1. The molecule has 1 rings (SSSR count). The number of allylic oxidation sites excluding steroid dienone is 2. The zero-order valence-corrected chi connectivity index (χ0v) is 9.92. The van der Waals surface area contributed by atoms with Gasteiger partial charge in [0.25, 0.3) is 0 Å². The van der Waals surface area contributed by atoms with Crippen LogP contribution in [0.15, 0.2) is 23.8 Å². The standard InChI is InChI=1S/C13H21NO/c1-10(2)9-13(15)14-11(3)12-7-5-4-6-8-12/h5,7-8,10-11H,4,6,9H2,1-3H3,(H,14,15). The second-order valence-corrected chi connectivity index (χ2v) is 4.57. The molecule has 0 saturated carbocycles. The number of hydrogen-bond acceptors (Lipinski definition) is 1. The molecule has 1 amide bonds. The average molecular weight is 207 g/mol. The molecule has 1 aliphatic carbocycles. The first kappa shape index (κ1) is 12.0. The summed E-state index contributed by atoms with van der Waals surface area (Å²) in [5.74, 6) is 0.574. The van der Waals surface area contributed by atoms with E-state index in [0.717, 1.165) is 12.8 Å². The Bertz CT molecular complexity index is 276. The first-order valence-corrected chi connectivity index (χ1v) is 5.75. The van der Waals surface area contributed by atoms with Crippen LogP contribution >= 0.6 is 0 Å². The van der Waals surface area contributed by atoms with E-state index in [1.54, 1.807) is 0 Å². The fourth-order valence-corrected chi connectivity index (χ4v) is 1.71. The Morgan fingerprint density at radius 1 is 1.40 bits per heavy atom. The summed E-state index contributed by atoms with van der Waals surface area (Å²) in [7, 11) is 0. The molecule has 15 heavy (non-hydrogen) atoms. The second kappa shape index (κ2) is 5.74. The molecule has 84 valence electrons. The van der Waals surface area contributed by atoms with Crippen molar-refractivity contribution in [2.75, 3.05) is 0 Å². The molecule has 0 aromatic rings. The van der Waals surface area contributed by atoms with Crippen molar-refractivity contribution in [1.82, 2.24) is 5.32 Å². The fourth-order valence-electron chi connectivity index (χ4n) is 1.71. The molecule has 0 aliphatic heterocycles. The predicted molar refractivity (Wildman–Crippen MR) is 63.5 cm³/mol. The van der Waals surface area contributed by atoms with Crippen molar-refractivity contribution >= 4 is 5.91 Å². The Hall–Kier alpha value is -1.05. The molecular formula is C13H21NO. The normalized spacial score (nSPS) is 17.5. The number of amides is 1. The van der Waals surface area contributed by atoms with Gasteiger partial charge < -0.3 is 5.32 Å². The van der Waals surface area contributed by atoms with Gasteiger partial charge in [0, 0.05) is 6.42 Å². The van der Waals surface area contributed by atoms with Crippen molar-refractivity contribution in [1.29, 1.82) is 0 Å². The Morgan fingerprint density at radius 2 is 2.13 bits per heavy atom. The van der Waals surface area contributed by atoms with Crippen LogP contribution < -0.4 is 5.32 Å². The van der Waals surface area contributed by atoms with Gasteiger partial charge in [-0.15, -0.1) is 0 Å². The molecular weight excluding hydrogens is 186 g/mol. The van der Waals surface area contributed by atoms with E-state index in [0.29, 0.717) is 12.3 Å². The Kier molecular flexibility index (Phi) is 4.60. The topological polar surface area (TPSA) is 29.1 Å². The molecule has 1 unspecified atom stereocenters. The van der Waals surface area contributed by atoms with Crippen LogP contribution in [0.5, 0.6) is 0 Å². The molecule has 0 spiro atoms. The third kappa shape index (κ3) is 4.32. The molecule has 0 bridgehead atoms. The highest BCUT2D eigenvalue weighted by atomic mass is 16.1. The van der Waals surface area contributed by atoms with Crippen molar-refractivity contribution in [3.8, 4) is 0 Å². The van der Waals surface area contributed by atoms with Gasteiger partial charge >= 0.3 is 0 Å². The maximum Gasteiger partial charge on any atom is 0.220 e. The van der Waals surface area contributed by atoms with Gasteiger partial charge in [-0.1, -0.05) is 32.1 Å². The summed E-state index contributed by atoms with van der Waals surface area (Å²) in [5.41, 5.74) is 1.23. The number of hydrogen-bond donors (Lipinski definition) is 1. The highest BCUT2D eigenvalue weighted by Gasteiger charge is 2.11. The molecule has 0 aromatic heterocycles. The van der Waals surface area contributed by atoms with E-state index < -0.39 is 0 Å². The van der Waals surface area contributed by atoms with Gasteiger partial charge in [-0.05, 0) is 31.3 Å². The Labute approximate surface area is 92.4 Å². The summed E-state index contributed by atoms with van der Waals surface area (Å²) < 4.78 is 0. The smallest absolute Gasteiger partial charge is 0.220 e. The number of carbonyl (C=O) groups excluding carboxylic acids is 1. The van der Waals surface area contributed by atoms with Gasteiger partial charge in [0.05, 0.1) is 6.04 Å². The third-order valence-corrected chi connectivity index (χ3v) is 2.49. The molecule has 0 radical (unpaired) electrons. The predicted octanol–water partition coefficient (Wildman–Crippen LogP) is 2.81. The number of nitrogens with one attached hydrogen (secondary N) is 1. The lowest BCUT2D eigenvalue weighted by atomic mass is 10.0. The lowest BCUT2D eigenvalue weighted by Gasteiger charge is -2.18. The minimum absolute atomic E-state index is 0.146. The Balaban J connectivity index is 2.41. The van der Waals surface area contributed by atoms with Gasteiger partial charge in [0.2, 0.25) is 5.91 Å². The fraction of sp³-hybridized carbons (Fsp3) is 0.615. The van der Waals surface area contributed by atoms with Crippen molar-refractivity contribution in [2.45, 2.75) is 46.1 Å². The lowest BCUT2D eigenvalue weighted by molar-refractivity contribution is -0.122. The van der Waals surface area contributed by atoms with Gasteiger partial charge in [0.1, 0.15) is 0 Å². The zero-order chi connectivity index (χ0) is 11.3. The van der Waals surface area contributed by atoms with Crippen molar-refractivity contribution in [3.05, 3.63) is 23.8 Å². The molecule has 2 heteroatoms. The monoisotopic (exact) mass is 207 g/mol. The summed E-state index contributed by atoms with van der Waals surface area (Å²) in [4.78, 5) is 11.5. The van der Waals surface area contributed by atoms with Crippen LogP contribution in [-0.4, -0.2) is 11.9 Å². The highest BCUT2D eigenvalue weighted by molar-refractivity contribution is 5.76. The molecule has 1 atom stereocenters. The van der Waals surface area contributed by atoms with E-state index in [2.05, 4.69) is 37.4 Å². The quantitative estimate of drug-likeness (QED) is 0.754. The number of rotatable bonds is 4. The van der Waals surface area contributed by atoms with E-state index in [9.17, 15) is 4.79 Å². The van der Waals surface area contributed by atoms with Crippen molar-refractivity contribution < 1.29 is 4.79 Å². The van der Waals surface area contributed by atoms with Crippen LogP contribution in [0.2, 0.25) is 0 Å². The van der Waals surface area contributed by atoms with Crippen molar-refractivity contribution in [2.24, 2.45) is 5.92 Å². The van der Waals surface area contributed by atoms with Gasteiger partial charge in [-0.2, -0.15) is 0 Å². The van der Waals surface area contributed by atoms with E-state index >= 15 is 0 Å². The van der Waals surface area contributed by atoms with E-state index in [-0.39, 0.29) is 11.9 Å². The molecule has 0 saturated heterocycles. The van der Waals surface area contributed by atoms with Crippen LogP contribution in [0.1, 0.15) is 40.0 Å². The summed E-state index contributed by atoms with van der Waals surface area (Å²) >= 11 is 0. The summed E-state index contributed by atoms with van der Waals surface area (Å²) in [6.07, 6.45) is 9.32. The van der Waals surface area contributed by atoms with Crippen LogP contribution in [0.4, 0.5) is 0 Å². The highest BCUT2D eigenvalue weighted by Crippen LogP contribution is 2.13. The summed E-state index contributed by atoms with van der Waals surface area (Å²) in [5, 5.41) is 3.02. The first-order chi connectivity index (χ1) is 7.09. The van der Waals surface area contributed by atoms with E-state index in [1.807, 2.05) is 6.92 Å². The Morgan fingerprint density at radius 3 is 2.67 bits per heavy atom. The molecule has 1 N–H and O–H groups in total.